The van der Waals surface area contributed by atoms with E-state index >= 15 is 0 Å². The molecule has 0 aliphatic heterocycles. The van der Waals surface area contributed by atoms with Gasteiger partial charge in [-0.15, -0.1) is 11.3 Å². The first-order chi connectivity index (χ1) is 11.0. The van der Waals surface area contributed by atoms with Crippen LogP contribution in [0.3, 0.4) is 0 Å². The minimum absolute atomic E-state index is 0.0447. The van der Waals surface area contributed by atoms with Crippen molar-refractivity contribution in [1.29, 1.82) is 0 Å². The molecule has 0 fully saturated rings. The van der Waals surface area contributed by atoms with E-state index in [-0.39, 0.29) is 5.91 Å². The van der Waals surface area contributed by atoms with E-state index in [1.165, 1.54) is 6.92 Å². The van der Waals surface area contributed by atoms with Crippen LogP contribution in [0.15, 0.2) is 34.9 Å². The second-order valence-electron chi connectivity index (χ2n) is 5.42. The lowest BCUT2D eigenvalue weighted by molar-refractivity contribution is -0.119. The Bertz CT molecular complexity index is 851. The zero-order valence-electron chi connectivity index (χ0n) is 13.2. The van der Waals surface area contributed by atoms with Crippen LogP contribution in [-0.4, -0.2) is 16.0 Å². The van der Waals surface area contributed by atoms with Crippen molar-refractivity contribution in [3.63, 3.8) is 0 Å². The maximum atomic E-state index is 11.0. The molecule has 1 N–H and O–H groups in total. The molecule has 0 aliphatic carbocycles. The SMILES string of the molecule is CC(=O)NCc1ccc(-c2noc(-c3cc(C)ccc3C)n2)s1. The molecule has 2 heterocycles. The number of carbonyl (C=O) groups is 1. The van der Waals surface area contributed by atoms with Gasteiger partial charge in [0.05, 0.1) is 11.4 Å². The summed E-state index contributed by atoms with van der Waals surface area (Å²) in [6, 6.07) is 10.1. The number of amides is 1. The predicted octanol–water partition coefficient (Wildman–Crippen LogP) is 3.72. The largest absolute Gasteiger partial charge is 0.351 e. The first kappa shape index (κ1) is 15.4. The number of rotatable bonds is 4. The van der Waals surface area contributed by atoms with Crippen LogP contribution < -0.4 is 5.32 Å². The summed E-state index contributed by atoms with van der Waals surface area (Å²) >= 11 is 1.54. The van der Waals surface area contributed by atoms with Gasteiger partial charge < -0.3 is 9.84 Å². The summed E-state index contributed by atoms with van der Waals surface area (Å²) in [6.07, 6.45) is 0. The maximum absolute atomic E-state index is 11.0. The lowest BCUT2D eigenvalue weighted by Gasteiger charge is -2.01. The standard InChI is InChI=1S/C17H17N3O2S/c1-10-4-5-11(2)14(8-10)17-19-16(20-22-17)15-7-6-13(23-15)9-18-12(3)21/h4-8H,9H2,1-3H3,(H,18,21). The fourth-order valence-electron chi connectivity index (χ4n) is 2.20. The number of aromatic nitrogens is 2. The minimum Gasteiger partial charge on any atom is -0.351 e. The van der Waals surface area contributed by atoms with E-state index in [1.54, 1.807) is 11.3 Å². The molecule has 0 saturated heterocycles. The van der Waals surface area contributed by atoms with Crippen LogP contribution in [0.4, 0.5) is 0 Å². The van der Waals surface area contributed by atoms with Gasteiger partial charge in [0.2, 0.25) is 11.7 Å². The van der Waals surface area contributed by atoms with Gasteiger partial charge in [-0.1, -0.05) is 22.9 Å². The van der Waals surface area contributed by atoms with Gasteiger partial charge in [0.25, 0.3) is 5.89 Å². The highest BCUT2D eigenvalue weighted by Gasteiger charge is 2.14. The molecule has 0 atom stereocenters. The molecular formula is C17H17N3O2S. The Kier molecular flexibility index (Phi) is 4.25. The monoisotopic (exact) mass is 327 g/mol. The predicted molar refractivity (Wildman–Crippen MR) is 90.0 cm³/mol. The number of hydrogen-bond acceptors (Lipinski definition) is 5. The summed E-state index contributed by atoms with van der Waals surface area (Å²) in [5.74, 6) is 1.05. The molecule has 0 saturated carbocycles. The smallest absolute Gasteiger partial charge is 0.258 e. The van der Waals surface area contributed by atoms with Crippen LogP contribution in [0.1, 0.15) is 22.9 Å². The Morgan fingerprint density at radius 1 is 1.26 bits per heavy atom. The molecule has 1 aromatic carbocycles. The molecular weight excluding hydrogens is 310 g/mol. The van der Waals surface area contributed by atoms with E-state index in [0.717, 1.165) is 26.4 Å². The number of hydrogen-bond donors (Lipinski definition) is 1. The highest BCUT2D eigenvalue weighted by Crippen LogP contribution is 2.29. The van der Waals surface area contributed by atoms with E-state index in [4.69, 9.17) is 4.52 Å². The van der Waals surface area contributed by atoms with Crippen LogP contribution in [0.5, 0.6) is 0 Å². The molecule has 6 heteroatoms. The Labute approximate surface area is 138 Å². The summed E-state index contributed by atoms with van der Waals surface area (Å²) in [6.45, 7) is 6.08. The normalized spacial score (nSPS) is 10.7. The third kappa shape index (κ3) is 3.48. The van der Waals surface area contributed by atoms with Gasteiger partial charge in [0.1, 0.15) is 0 Å². The summed E-state index contributed by atoms with van der Waals surface area (Å²) < 4.78 is 5.42. The molecule has 3 aromatic rings. The second-order valence-corrected chi connectivity index (χ2v) is 6.59. The van der Waals surface area contributed by atoms with Gasteiger partial charge in [-0.3, -0.25) is 4.79 Å². The Hall–Kier alpha value is -2.47. The molecule has 0 radical (unpaired) electrons. The Balaban J connectivity index is 1.84. The van der Waals surface area contributed by atoms with Gasteiger partial charge in [-0.2, -0.15) is 4.98 Å². The zero-order valence-corrected chi connectivity index (χ0v) is 14.0. The van der Waals surface area contributed by atoms with Crippen molar-refractivity contribution in [3.05, 3.63) is 46.3 Å². The van der Waals surface area contributed by atoms with Gasteiger partial charge in [0.15, 0.2) is 0 Å². The van der Waals surface area contributed by atoms with Crippen LogP contribution >= 0.6 is 11.3 Å². The molecule has 1 amide bonds. The van der Waals surface area contributed by atoms with Crippen molar-refractivity contribution in [2.45, 2.75) is 27.3 Å². The van der Waals surface area contributed by atoms with Gasteiger partial charge >= 0.3 is 0 Å². The summed E-state index contributed by atoms with van der Waals surface area (Å²) in [5.41, 5.74) is 3.21. The summed E-state index contributed by atoms with van der Waals surface area (Å²) in [4.78, 5) is 17.4. The number of nitrogens with one attached hydrogen (secondary N) is 1. The molecule has 3 rings (SSSR count). The van der Waals surface area contributed by atoms with E-state index in [2.05, 4.69) is 21.5 Å². The van der Waals surface area contributed by atoms with E-state index in [9.17, 15) is 4.79 Å². The minimum atomic E-state index is -0.0447. The molecule has 118 valence electrons. The first-order valence-corrected chi connectivity index (χ1v) is 8.09. The van der Waals surface area contributed by atoms with Crippen molar-refractivity contribution >= 4 is 17.2 Å². The third-order valence-corrected chi connectivity index (χ3v) is 4.52. The van der Waals surface area contributed by atoms with Crippen molar-refractivity contribution in [1.82, 2.24) is 15.5 Å². The quantitative estimate of drug-likeness (QED) is 0.793. The molecule has 0 spiro atoms. The first-order valence-electron chi connectivity index (χ1n) is 7.28. The molecule has 5 nitrogen and oxygen atoms in total. The highest BCUT2D eigenvalue weighted by atomic mass is 32.1. The van der Waals surface area contributed by atoms with Gasteiger partial charge in [-0.05, 0) is 37.6 Å². The highest BCUT2D eigenvalue weighted by molar-refractivity contribution is 7.15. The molecule has 0 unspecified atom stereocenters. The van der Waals surface area contributed by atoms with Crippen LogP contribution in [0, 0.1) is 13.8 Å². The van der Waals surface area contributed by atoms with Crippen LogP contribution in [0.25, 0.3) is 22.2 Å². The van der Waals surface area contributed by atoms with Crippen molar-refractivity contribution in [2.24, 2.45) is 0 Å². The van der Waals surface area contributed by atoms with E-state index in [1.807, 2.05) is 38.1 Å². The zero-order chi connectivity index (χ0) is 16.4. The molecule has 0 aliphatic rings. The fraction of sp³-hybridized carbons (Fsp3) is 0.235. The van der Waals surface area contributed by atoms with Gasteiger partial charge in [-0.25, -0.2) is 0 Å². The number of thiophene rings is 1. The fourth-order valence-corrected chi connectivity index (χ4v) is 3.08. The van der Waals surface area contributed by atoms with Crippen LogP contribution in [0.2, 0.25) is 0 Å². The molecule has 23 heavy (non-hydrogen) atoms. The van der Waals surface area contributed by atoms with Crippen molar-refractivity contribution in [2.75, 3.05) is 0 Å². The van der Waals surface area contributed by atoms with Gasteiger partial charge in [0, 0.05) is 17.4 Å². The lowest BCUT2D eigenvalue weighted by atomic mass is 10.1. The Morgan fingerprint density at radius 2 is 2.09 bits per heavy atom. The number of nitrogens with zero attached hydrogens (tertiary/aromatic N) is 2. The lowest BCUT2D eigenvalue weighted by Crippen LogP contribution is -2.17. The van der Waals surface area contributed by atoms with Crippen molar-refractivity contribution < 1.29 is 9.32 Å². The van der Waals surface area contributed by atoms with Crippen LogP contribution in [-0.2, 0) is 11.3 Å². The summed E-state index contributed by atoms with van der Waals surface area (Å²) in [5, 5.41) is 6.86. The molecule has 0 bridgehead atoms. The number of benzene rings is 1. The summed E-state index contributed by atoms with van der Waals surface area (Å²) in [7, 11) is 0. The van der Waals surface area contributed by atoms with E-state index in [0.29, 0.717) is 18.3 Å². The maximum Gasteiger partial charge on any atom is 0.258 e. The average Bonchev–Trinajstić information content (AvgIpc) is 3.16. The number of aryl methyl sites for hydroxylation is 2. The van der Waals surface area contributed by atoms with E-state index < -0.39 is 0 Å². The third-order valence-electron chi connectivity index (χ3n) is 3.44. The topological polar surface area (TPSA) is 68.0 Å². The number of carbonyl (C=O) groups excluding carboxylic acids is 1. The van der Waals surface area contributed by atoms with Crippen molar-refractivity contribution in [3.8, 4) is 22.2 Å². The molecule has 2 aromatic heterocycles. The average molecular weight is 327 g/mol. The Morgan fingerprint density at radius 3 is 2.87 bits per heavy atom. The second kappa shape index (κ2) is 6.34.